The molecule has 2 aromatic rings. The lowest BCUT2D eigenvalue weighted by Gasteiger charge is -2.35. The number of rotatable bonds is 11. The lowest BCUT2D eigenvalue weighted by molar-refractivity contribution is -0.160. The molecule has 9 nitrogen and oxygen atoms in total. The third kappa shape index (κ3) is 9.36. The maximum atomic E-state index is 13.6. The SMILES string of the molecule is CC(CC(=O)ONC(=O)[C@H](CC1CCCCC1)NC(=O)OC(c1ccccc1Cl)C(C)(C)c1cccc(Cl)c1)[C@@H]1CCNC1=O. The highest BCUT2D eigenvalue weighted by atomic mass is 35.5. The first-order valence-electron chi connectivity index (χ1n) is 15.7. The zero-order valence-corrected chi connectivity index (χ0v) is 27.6. The van der Waals surface area contributed by atoms with Gasteiger partial charge in [0.1, 0.15) is 12.1 Å². The lowest BCUT2D eigenvalue weighted by Crippen LogP contribution is -2.49. The highest BCUT2D eigenvalue weighted by molar-refractivity contribution is 6.31. The fourth-order valence-electron chi connectivity index (χ4n) is 6.38. The van der Waals surface area contributed by atoms with Crippen LogP contribution < -0.4 is 16.1 Å². The quantitative estimate of drug-likeness (QED) is 0.228. The molecule has 1 saturated heterocycles. The van der Waals surface area contributed by atoms with E-state index in [4.69, 9.17) is 32.8 Å². The summed E-state index contributed by atoms with van der Waals surface area (Å²) in [6.45, 7) is 6.25. The van der Waals surface area contributed by atoms with Crippen molar-refractivity contribution < 1.29 is 28.8 Å². The average molecular weight is 661 g/mol. The van der Waals surface area contributed by atoms with E-state index in [2.05, 4.69) is 16.1 Å². The van der Waals surface area contributed by atoms with Gasteiger partial charge in [-0.3, -0.25) is 9.59 Å². The molecule has 1 heterocycles. The van der Waals surface area contributed by atoms with E-state index in [1.807, 2.05) is 45.0 Å². The minimum Gasteiger partial charge on any atom is -0.440 e. The van der Waals surface area contributed by atoms with Crippen LogP contribution in [0.15, 0.2) is 48.5 Å². The molecule has 4 rings (SSSR count). The van der Waals surface area contributed by atoms with Gasteiger partial charge in [-0.15, -0.1) is 0 Å². The van der Waals surface area contributed by atoms with Gasteiger partial charge in [0.05, 0.1) is 6.42 Å². The molecule has 4 atom stereocenters. The third-order valence-electron chi connectivity index (χ3n) is 9.07. The molecular weight excluding hydrogens is 617 g/mol. The first kappa shape index (κ1) is 34.6. The average Bonchev–Trinajstić information content (AvgIpc) is 3.45. The molecule has 1 aliphatic carbocycles. The van der Waals surface area contributed by atoms with Crippen LogP contribution in [0.1, 0.15) is 89.4 Å². The molecule has 1 aliphatic heterocycles. The largest absolute Gasteiger partial charge is 0.440 e. The second kappa shape index (κ2) is 15.8. The molecular formula is C34H43Cl2N3O6. The summed E-state index contributed by atoms with van der Waals surface area (Å²) < 4.78 is 6.09. The summed E-state index contributed by atoms with van der Waals surface area (Å²) in [6, 6.07) is 13.5. The summed E-state index contributed by atoms with van der Waals surface area (Å²) in [5.41, 5.74) is 2.92. The fraction of sp³-hybridized carbons (Fsp3) is 0.529. The van der Waals surface area contributed by atoms with Crippen LogP contribution in [0.5, 0.6) is 0 Å². The first-order chi connectivity index (χ1) is 21.5. The van der Waals surface area contributed by atoms with Crippen molar-refractivity contribution in [2.24, 2.45) is 17.8 Å². The Morgan fingerprint density at radius 3 is 2.42 bits per heavy atom. The van der Waals surface area contributed by atoms with E-state index in [1.165, 1.54) is 0 Å². The molecule has 2 aromatic carbocycles. The summed E-state index contributed by atoms with van der Waals surface area (Å²) >= 11 is 12.9. The molecule has 11 heteroatoms. The number of halogens is 2. The number of amides is 3. The predicted molar refractivity (Wildman–Crippen MR) is 172 cm³/mol. The molecule has 0 aromatic heterocycles. The number of ether oxygens (including phenoxy) is 1. The Balaban J connectivity index is 1.48. The second-order valence-corrected chi connectivity index (χ2v) is 13.6. The number of benzene rings is 2. The van der Waals surface area contributed by atoms with E-state index in [-0.39, 0.29) is 30.1 Å². The van der Waals surface area contributed by atoms with Crippen molar-refractivity contribution >= 4 is 47.1 Å². The molecule has 244 valence electrons. The van der Waals surface area contributed by atoms with Crippen LogP contribution in [0.25, 0.3) is 0 Å². The van der Waals surface area contributed by atoms with E-state index >= 15 is 0 Å². The Kier molecular flexibility index (Phi) is 12.1. The van der Waals surface area contributed by atoms with Gasteiger partial charge in [-0.05, 0) is 48.4 Å². The Bertz CT molecular complexity index is 1360. The molecule has 1 saturated carbocycles. The van der Waals surface area contributed by atoms with Crippen LogP contribution >= 0.6 is 23.2 Å². The normalized spacial score (nSPS) is 19.1. The Morgan fingerprint density at radius 1 is 1.02 bits per heavy atom. The van der Waals surface area contributed by atoms with Crippen molar-refractivity contribution in [3.8, 4) is 0 Å². The van der Waals surface area contributed by atoms with Crippen molar-refractivity contribution in [3.05, 3.63) is 69.7 Å². The van der Waals surface area contributed by atoms with Crippen LogP contribution in [-0.2, 0) is 29.4 Å². The van der Waals surface area contributed by atoms with Crippen molar-refractivity contribution in [2.75, 3.05) is 6.54 Å². The maximum absolute atomic E-state index is 13.6. The third-order valence-corrected chi connectivity index (χ3v) is 9.65. The highest BCUT2D eigenvalue weighted by Gasteiger charge is 2.38. The molecule has 2 aliphatic rings. The Labute approximate surface area is 275 Å². The van der Waals surface area contributed by atoms with Crippen LogP contribution in [0.4, 0.5) is 4.79 Å². The standard InChI is InChI=1S/C34H43Cl2N3O6/c1-21(25-16-17-37-31(25)41)18-29(40)45-39-32(42)28(19-22-10-5-4-6-11-22)38-33(43)44-30(26-14-7-8-15-27(26)36)34(2,3)23-12-9-13-24(35)20-23/h7-9,12-15,20-22,25,28,30H,4-6,10-11,16-19H2,1-3H3,(H,37,41)(H,38,43)(H,39,42)/t21?,25-,28-,30?/m0/s1. The topological polar surface area (TPSA) is 123 Å². The monoisotopic (exact) mass is 659 g/mol. The van der Waals surface area contributed by atoms with Crippen LogP contribution in [0.2, 0.25) is 10.0 Å². The van der Waals surface area contributed by atoms with Gasteiger partial charge < -0.3 is 20.2 Å². The summed E-state index contributed by atoms with van der Waals surface area (Å²) in [7, 11) is 0. The van der Waals surface area contributed by atoms with Gasteiger partial charge >= 0.3 is 12.1 Å². The van der Waals surface area contributed by atoms with Gasteiger partial charge in [0.25, 0.3) is 5.91 Å². The lowest BCUT2D eigenvalue weighted by atomic mass is 9.76. The molecule has 3 amide bonds. The molecule has 2 fully saturated rings. The van der Waals surface area contributed by atoms with Crippen LogP contribution in [0.3, 0.4) is 0 Å². The first-order valence-corrected chi connectivity index (χ1v) is 16.5. The summed E-state index contributed by atoms with van der Waals surface area (Å²) in [5, 5.41) is 6.49. The smallest absolute Gasteiger partial charge is 0.408 e. The fourth-order valence-corrected chi connectivity index (χ4v) is 6.81. The molecule has 45 heavy (non-hydrogen) atoms. The van der Waals surface area contributed by atoms with Crippen molar-refractivity contribution in [1.29, 1.82) is 0 Å². The van der Waals surface area contributed by atoms with Crippen molar-refractivity contribution in [1.82, 2.24) is 16.1 Å². The molecule has 3 N–H and O–H groups in total. The van der Waals surface area contributed by atoms with Gasteiger partial charge in [0.2, 0.25) is 5.91 Å². The van der Waals surface area contributed by atoms with Crippen molar-refractivity contribution in [2.45, 2.75) is 89.7 Å². The Hall–Kier alpha value is -3.30. The van der Waals surface area contributed by atoms with Crippen LogP contribution in [0, 0.1) is 17.8 Å². The van der Waals surface area contributed by atoms with Gasteiger partial charge in [-0.2, -0.15) is 5.48 Å². The number of hydrogen-bond acceptors (Lipinski definition) is 6. The highest BCUT2D eigenvalue weighted by Crippen LogP contribution is 2.42. The summed E-state index contributed by atoms with van der Waals surface area (Å²) in [6.07, 6.45) is 4.45. The molecule has 0 bridgehead atoms. The van der Waals surface area contributed by atoms with Crippen LogP contribution in [-0.4, -0.2) is 36.5 Å². The number of hydroxylamine groups is 1. The van der Waals surface area contributed by atoms with Gasteiger partial charge in [0.15, 0.2) is 0 Å². The summed E-state index contributed by atoms with van der Waals surface area (Å²) in [5.74, 6) is -1.69. The molecule has 0 radical (unpaired) electrons. The molecule has 0 spiro atoms. The number of hydrogen-bond donors (Lipinski definition) is 3. The zero-order chi connectivity index (χ0) is 32.6. The summed E-state index contributed by atoms with van der Waals surface area (Å²) in [4.78, 5) is 56.6. The molecule has 2 unspecified atom stereocenters. The minimum absolute atomic E-state index is 0.0285. The maximum Gasteiger partial charge on any atom is 0.408 e. The van der Waals surface area contributed by atoms with E-state index in [1.54, 1.807) is 24.3 Å². The van der Waals surface area contributed by atoms with Gasteiger partial charge in [0, 0.05) is 33.5 Å². The van der Waals surface area contributed by atoms with E-state index in [9.17, 15) is 19.2 Å². The second-order valence-electron chi connectivity index (χ2n) is 12.8. The van der Waals surface area contributed by atoms with Gasteiger partial charge in [-0.1, -0.05) is 106 Å². The number of nitrogens with one attached hydrogen (secondary N) is 3. The number of carbonyl (C=O) groups is 4. The predicted octanol–water partition coefficient (Wildman–Crippen LogP) is 6.81. The van der Waals surface area contributed by atoms with E-state index in [0.717, 1.165) is 37.7 Å². The van der Waals surface area contributed by atoms with Gasteiger partial charge in [-0.25, -0.2) is 9.59 Å². The Morgan fingerprint density at radius 2 is 1.76 bits per heavy atom. The van der Waals surface area contributed by atoms with Crippen molar-refractivity contribution in [3.63, 3.8) is 0 Å². The van der Waals surface area contributed by atoms with E-state index in [0.29, 0.717) is 35.0 Å². The van der Waals surface area contributed by atoms with E-state index < -0.39 is 35.5 Å². The number of alkyl carbamates (subject to hydrolysis) is 1. The zero-order valence-electron chi connectivity index (χ0n) is 26.1. The minimum atomic E-state index is -1.01. The number of carbonyl (C=O) groups excluding carboxylic acids is 4.